The molecule has 0 aliphatic rings. The van der Waals surface area contributed by atoms with E-state index >= 15 is 0 Å². The van der Waals surface area contributed by atoms with Crippen molar-refractivity contribution in [1.29, 1.82) is 0 Å². The molecule has 0 aliphatic heterocycles. The standard InChI is InChI=1S/C69H114O6/c1-4-7-10-13-16-19-22-25-28-31-33-34-36-38-41-44-47-50-53-56-59-62-68(71)74-65-66(64-73-67(70)61-58-55-52-49-46-43-40-37-30-27-24-21-18-15-12-9-6-3)75-69(72)63-60-57-54-51-48-45-42-39-35-32-29-26-23-20-17-14-11-8-5-2/h8-9,11-12,17-18,20-22,25-27,29-31,33,35,39,45,48,66H,4-7,10,13-16,19,23-24,28,32,34,36-38,40-44,46-47,49-65H2,1-3H3/b11-8-,12-9-,20-17-,21-18-,25-22-,29-26-,30-27-,33-31-,39-35-,48-45-. The van der Waals surface area contributed by atoms with Gasteiger partial charge in [0, 0.05) is 19.3 Å². The maximum absolute atomic E-state index is 12.9. The van der Waals surface area contributed by atoms with Crippen molar-refractivity contribution in [2.45, 2.75) is 284 Å². The Bertz CT molecular complexity index is 1570. The predicted octanol–water partition coefficient (Wildman–Crippen LogP) is 21.2. The topological polar surface area (TPSA) is 78.9 Å². The maximum atomic E-state index is 12.9. The highest BCUT2D eigenvalue weighted by atomic mass is 16.6. The molecule has 0 radical (unpaired) electrons. The second-order valence-electron chi connectivity index (χ2n) is 20.2. The van der Waals surface area contributed by atoms with Crippen molar-refractivity contribution in [1.82, 2.24) is 0 Å². The Labute approximate surface area is 462 Å². The Morgan fingerprint density at radius 1 is 0.280 bits per heavy atom. The molecule has 426 valence electrons. The van der Waals surface area contributed by atoms with Gasteiger partial charge < -0.3 is 14.2 Å². The van der Waals surface area contributed by atoms with Gasteiger partial charge in [0.1, 0.15) is 13.2 Å². The number of esters is 3. The number of rotatable bonds is 55. The van der Waals surface area contributed by atoms with Crippen LogP contribution in [0.3, 0.4) is 0 Å². The van der Waals surface area contributed by atoms with Crippen LogP contribution in [0.4, 0.5) is 0 Å². The molecule has 0 bridgehead atoms. The first-order valence-electron chi connectivity index (χ1n) is 31.0. The number of allylic oxidation sites excluding steroid dienone is 20. The van der Waals surface area contributed by atoms with Gasteiger partial charge in [-0.25, -0.2) is 0 Å². The Morgan fingerprint density at radius 2 is 0.520 bits per heavy atom. The number of carbonyl (C=O) groups is 3. The molecule has 0 saturated heterocycles. The molecule has 0 spiro atoms. The summed E-state index contributed by atoms with van der Waals surface area (Å²) in [4.78, 5) is 38.3. The van der Waals surface area contributed by atoms with Crippen LogP contribution in [0.1, 0.15) is 278 Å². The van der Waals surface area contributed by atoms with Crippen LogP contribution in [0, 0.1) is 0 Å². The zero-order valence-electron chi connectivity index (χ0n) is 48.8. The van der Waals surface area contributed by atoms with E-state index in [4.69, 9.17) is 14.2 Å². The minimum absolute atomic E-state index is 0.0994. The van der Waals surface area contributed by atoms with Crippen LogP contribution >= 0.6 is 0 Å². The fourth-order valence-corrected chi connectivity index (χ4v) is 8.34. The third kappa shape index (κ3) is 60.6. The van der Waals surface area contributed by atoms with Crippen molar-refractivity contribution >= 4 is 17.9 Å². The van der Waals surface area contributed by atoms with Gasteiger partial charge in [0.2, 0.25) is 0 Å². The highest BCUT2D eigenvalue weighted by molar-refractivity contribution is 5.71. The summed E-state index contributed by atoms with van der Waals surface area (Å²) >= 11 is 0. The largest absolute Gasteiger partial charge is 0.462 e. The van der Waals surface area contributed by atoms with Crippen LogP contribution in [0.25, 0.3) is 0 Å². The van der Waals surface area contributed by atoms with Crippen molar-refractivity contribution < 1.29 is 28.6 Å². The molecule has 1 unspecified atom stereocenters. The van der Waals surface area contributed by atoms with Crippen LogP contribution < -0.4 is 0 Å². The Morgan fingerprint density at radius 3 is 0.827 bits per heavy atom. The summed E-state index contributed by atoms with van der Waals surface area (Å²) in [6.45, 7) is 6.38. The first kappa shape index (κ1) is 70.8. The molecule has 0 fully saturated rings. The molecule has 6 nitrogen and oxygen atoms in total. The van der Waals surface area contributed by atoms with Crippen LogP contribution in [0.2, 0.25) is 0 Å². The molecular weight excluding hydrogens is 925 g/mol. The van der Waals surface area contributed by atoms with E-state index in [0.29, 0.717) is 12.8 Å². The molecule has 0 aromatic rings. The van der Waals surface area contributed by atoms with E-state index in [9.17, 15) is 14.4 Å². The van der Waals surface area contributed by atoms with Gasteiger partial charge in [-0.05, 0) is 128 Å². The highest BCUT2D eigenvalue weighted by Gasteiger charge is 2.19. The Hall–Kier alpha value is -4.19. The number of hydrogen-bond donors (Lipinski definition) is 0. The number of carbonyl (C=O) groups excluding carboxylic acids is 3. The predicted molar refractivity (Wildman–Crippen MR) is 325 cm³/mol. The zero-order chi connectivity index (χ0) is 54.3. The number of hydrogen-bond acceptors (Lipinski definition) is 6. The second-order valence-corrected chi connectivity index (χ2v) is 20.2. The number of ether oxygens (including phenoxy) is 3. The lowest BCUT2D eigenvalue weighted by Gasteiger charge is -2.18. The molecule has 0 saturated carbocycles. The average Bonchev–Trinajstić information content (AvgIpc) is 3.41. The summed E-state index contributed by atoms with van der Waals surface area (Å²) in [7, 11) is 0. The van der Waals surface area contributed by atoms with Crippen molar-refractivity contribution in [2.24, 2.45) is 0 Å². The summed E-state index contributed by atoms with van der Waals surface area (Å²) in [5, 5.41) is 0. The van der Waals surface area contributed by atoms with E-state index in [0.717, 1.165) is 128 Å². The average molecular weight is 1040 g/mol. The molecule has 75 heavy (non-hydrogen) atoms. The van der Waals surface area contributed by atoms with Gasteiger partial charge in [0.15, 0.2) is 6.10 Å². The van der Waals surface area contributed by atoms with Gasteiger partial charge in [0.05, 0.1) is 0 Å². The third-order valence-electron chi connectivity index (χ3n) is 12.9. The first-order valence-corrected chi connectivity index (χ1v) is 31.0. The third-order valence-corrected chi connectivity index (χ3v) is 12.9. The van der Waals surface area contributed by atoms with Gasteiger partial charge in [-0.3, -0.25) is 14.4 Å². The summed E-state index contributed by atoms with van der Waals surface area (Å²) in [5.41, 5.74) is 0. The van der Waals surface area contributed by atoms with E-state index in [-0.39, 0.29) is 37.5 Å². The van der Waals surface area contributed by atoms with Gasteiger partial charge in [0.25, 0.3) is 0 Å². The minimum Gasteiger partial charge on any atom is -0.462 e. The summed E-state index contributed by atoms with van der Waals surface area (Å²) < 4.78 is 16.9. The van der Waals surface area contributed by atoms with Crippen molar-refractivity contribution in [3.05, 3.63) is 122 Å². The van der Waals surface area contributed by atoms with Crippen molar-refractivity contribution in [3.63, 3.8) is 0 Å². The lowest BCUT2D eigenvalue weighted by molar-refractivity contribution is -0.167. The maximum Gasteiger partial charge on any atom is 0.306 e. The van der Waals surface area contributed by atoms with E-state index in [1.165, 1.54) is 109 Å². The minimum atomic E-state index is -0.807. The molecule has 0 N–H and O–H groups in total. The fraction of sp³-hybridized carbons (Fsp3) is 0.667. The van der Waals surface area contributed by atoms with E-state index < -0.39 is 6.10 Å². The van der Waals surface area contributed by atoms with Crippen LogP contribution in [0.15, 0.2) is 122 Å². The summed E-state index contributed by atoms with van der Waals surface area (Å²) in [6.07, 6.45) is 86.2. The van der Waals surface area contributed by atoms with Gasteiger partial charge in [-0.1, -0.05) is 251 Å². The summed E-state index contributed by atoms with van der Waals surface area (Å²) in [6, 6.07) is 0. The number of unbranched alkanes of at least 4 members (excludes halogenated alkanes) is 24. The lowest BCUT2D eigenvalue weighted by Crippen LogP contribution is -2.30. The van der Waals surface area contributed by atoms with Gasteiger partial charge in [-0.15, -0.1) is 0 Å². The quantitative estimate of drug-likeness (QED) is 0.0261. The monoisotopic (exact) mass is 1040 g/mol. The smallest absolute Gasteiger partial charge is 0.306 e. The van der Waals surface area contributed by atoms with E-state index in [1.54, 1.807) is 0 Å². The van der Waals surface area contributed by atoms with Crippen molar-refractivity contribution in [3.8, 4) is 0 Å². The van der Waals surface area contributed by atoms with Gasteiger partial charge >= 0.3 is 17.9 Å². The normalized spacial score (nSPS) is 12.9. The molecular formula is C69H114O6. The SMILES string of the molecule is CC/C=C\C/C=C\C/C=C\C/C=C\C/C=C\CCCCCC(=O)OC(COC(=O)CCCCCCCCC/C=C\C/C=C\C/C=C\CC)COC(=O)CCCCCCCCCCC/C=C\C/C=C\CCCCCCC. The Kier molecular flexibility index (Phi) is 58.9. The van der Waals surface area contributed by atoms with Crippen molar-refractivity contribution in [2.75, 3.05) is 13.2 Å². The van der Waals surface area contributed by atoms with Crippen LogP contribution in [-0.4, -0.2) is 37.2 Å². The molecule has 6 heteroatoms. The molecule has 0 heterocycles. The molecule has 0 amide bonds. The fourth-order valence-electron chi connectivity index (χ4n) is 8.34. The highest BCUT2D eigenvalue weighted by Crippen LogP contribution is 2.15. The molecule has 0 aromatic heterocycles. The van der Waals surface area contributed by atoms with E-state index in [2.05, 4.69) is 142 Å². The van der Waals surface area contributed by atoms with Crippen LogP contribution in [-0.2, 0) is 28.6 Å². The Balaban J connectivity index is 4.47. The molecule has 0 rings (SSSR count). The molecule has 0 aromatic carbocycles. The zero-order valence-corrected chi connectivity index (χ0v) is 48.8. The first-order chi connectivity index (χ1) is 37.0. The summed E-state index contributed by atoms with van der Waals surface area (Å²) in [5.74, 6) is -0.943. The van der Waals surface area contributed by atoms with Gasteiger partial charge in [-0.2, -0.15) is 0 Å². The van der Waals surface area contributed by atoms with E-state index in [1.807, 2.05) is 0 Å². The molecule has 1 atom stereocenters. The molecule has 0 aliphatic carbocycles. The second kappa shape index (κ2) is 62.4. The van der Waals surface area contributed by atoms with Crippen LogP contribution in [0.5, 0.6) is 0 Å². The lowest BCUT2D eigenvalue weighted by atomic mass is 10.1.